The number of halogens is 1. The normalized spacial score (nSPS) is 15.1. The molecule has 0 atom stereocenters. The number of nitrogens with zero attached hydrogens (tertiary/aromatic N) is 4. The highest BCUT2D eigenvalue weighted by Gasteiger charge is 2.16. The fourth-order valence-electron chi connectivity index (χ4n) is 4.02. The zero-order chi connectivity index (χ0) is 23.5. The average Bonchev–Trinajstić information content (AvgIpc) is 3.11. The molecule has 4 N–H and O–H groups in total. The van der Waals surface area contributed by atoms with E-state index in [1.165, 1.54) is 11.4 Å². The van der Waals surface area contributed by atoms with E-state index in [9.17, 15) is 0 Å². The largest absolute Gasteiger partial charge is 0.384 e. The molecule has 2 aromatic rings. The number of benzene rings is 2. The number of anilines is 2. The van der Waals surface area contributed by atoms with Gasteiger partial charge in [0.05, 0.1) is 0 Å². The van der Waals surface area contributed by atoms with Gasteiger partial charge in [-0.3, -0.25) is 9.98 Å². The molecule has 1 heterocycles. The molecule has 0 unspecified atom stereocenters. The highest BCUT2D eigenvalue weighted by molar-refractivity contribution is 5.98. The van der Waals surface area contributed by atoms with E-state index in [1.807, 2.05) is 0 Å². The van der Waals surface area contributed by atoms with Crippen molar-refractivity contribution in [2.24, 2.45) is 21.5 Å². The van der Waals surface area contributed by atoms with E-state index in [0.717, 1.165) is 82.5 Å². The number of amidine groups is 2. The average molecular weight is 485 g/mol. The predicted molar refractivity (Wildman–Crippen MR) is 150 cm³/mol. The van der Waals surface area contributed by atoms with Crippen molar-refractivity contribution < 1.29 is 0 Å². The molecule has 7 heteroatoms. The lowest BCUT2D eigenvalue weighted by Crippen LogP contribution is -2.30. The summed E-state index contributed by atoms with van der Waals surface area (Å²) in [7, 11) is 0. The Bertz CT molecular complexity index is 832. The molecule has 1 saturated heterocycles. The summed E-state index contributed by atoms with van der Waals surface area (Å²) in [6.07, 6.45) is 5.53. The standard InChI is InChI=1S/C27H40N6.ClH/c1-3-5-16-30-26(28)22-8-12-24(13-9-22)32-18-7-19-33(21-20-32)25-14-10-23(11-15-25)27(29)31-17-6-4-2;/h8-15H,3-7,16-21H2,1-2H3,(H2,28,30)(H2,29,31);1H. The van der Waals surface area contributed by atoms with Gasteiger partial charge in [0.1, 0.15) is 11.7 Å². The van der Waals surface area contributed by atoms with Gasteiger partial charge < -0.3 is 21.3 Å². The lowest BCUT2D eigenvalue weighted by Gasteiger charge is -2.25. The van der Waals surface area contributed by atoms with Gasteiger partial charge in [-0.15, -0.1) is 12.4 Å². The molecular weight excluding hydrogens is 444 g/mol. The molecule has 3 rings (SSSR count). The third-order valence-electron chi connectivity index (χ3n) is 6.14. The summed E-state index contributed by atoms with van der Waals surface area (Å²) < 4.78 is 0. The Labute approximate surface area is 211 Å². The molecule has 0 aliphatic carbocycles. The van der Waals surface area contributed by atoms with Crippen molar-refractivity contribution in [2.75, 3.05) is 49.1 Å². The second-order valence-corrected chi connectivity index (χ2v) is 8.66. The van der Waals surface area contributed by atoms with Gasteiger partial charge in [0, 0.05) is 61.8 Å². The number of hydrogen-bond donors (Lipinski definition) is 2. The maximum Gasteiger partial charge on any atom is 0.125 e. The van der Waals surface area contributed by atoms with Crippen LogP contribution in [0.5, 0.6) is 0 Å². The summed E-state index contributed by atoms with van der Waals surface area (Å²) in [5.41, 5.74) is 16.8. The fraction of sp³-hybridized carbons (Fsp3) is 0.481. The molecule has 0 saturated carbocycles. The summed E-state index contributed by atoms with van der Waals surface area (Å²) in [5, 5.41) is 0. The zero-order valence-corrected chi connectivity index (χ0v) is 21.6. The van der Waals surface area contributed by atoms with Crippen LogP contribution in [-0.2, 0) is 0 Å². The Balaban J connectivity index is 0.00000408. The molecule has 0 radical (unpaired) electrons. The van der Waals surface area contributed by atoms with Gasteiger partial charge in [-0.1, -0.05) is 26.7 Å². The Kier molecular flexibility index (Phi) is 11.7. The van der Waals surface area contributed by atoms with E-state index < -0.39 is 0 Å². The highest BCUT2D eigenvalue weighted by atomic mass is 35.5. The lowest BCUT2D eigenvalue weighted by atomic mass is 10.1. The zero-order valence-electron chi connectivity index (χ0n) is 20.7. The maximum absolute atomic E-state index is 6.15. The Hall–Kier alpha value is -2.73. The fourth-order valence-corrected chi connectivity index (χ4v) is 4.02. The van der Waals surface area contributed by atoms with Gasteiger partial charge in [0.25, 0.3) is 0 Å². The number of hydrogen-bond acceptors (Lipinski definition) is 4. The minimum absolute atomic E-state index is 0. The third-order valence-corrected chi connectivity index (χ3v) is 6.14. The van der Waals surface area contributed by atoms with Crippen molar-refractivity contribution in [3.8, 4) is 0 Å². The van der Waals surface area contributed by atoms with Crippen molar-refractivity contribution in [1.82, 2.24) is 0 Å². The van der Waals surface area contributed by atoms with E-state index in [4.69, 9.17) is 11.5 Å². The van der Waals surface area contributed by atoms with E-state index in [2.05, 4.69) is 82.2 Å². The topological polar surface area (TPSA) is 83.2 Å². The SMILES string of the molecule is CCCCN=C(N)c1ccc(N2CCCN(c3ccc(C(N)=NCCCC)cc3)CC2)cc1.Cl. The summed E-state index contributed by atoms with van der Waals surface area (Å²) in [4.78, 5) is 13.9. The monoisotopic (exact) mass is 484 g/mol. The van der Waals surface area contributed by atoms with Crippen molar-refractivity contribution in [3.05, 3.63) is 59.7 Å². The molecule has 34 heavy (non-hydrogen) atoms. The van der Waals surface area contributed by atoms with E-state index in [-0.39, 0.29) is 12.4 Å². The molecule has 1 aliphatic heterocycles. The second kappa shape index (κ2) is 14.5. The van der Waals surface area contributed by atoms with Gasteiger partial charge in [-0.05, 0) is 67.8 Å². The molecule has 1 fully saturated rings. The van der Waals surface area contributed by atoms with Crippen molar-refractivity contribution in [3.63, 3.8) is 0 Å². The van der Waals surface area contributed by atoms with Crippen LogP contribution < -0.4 is 21.3 Å². The smallest absolute Gasteiger partial charge is 0.125 e. The molecule has 6 nitrogen and oxygen atoms in total. The minimum atomic E-state index is 0. The summed E-state index contributed by atoms with van der Waals surface area (Å²) >= 11 is 0. The lowest BCUT2D eigenvalue weighted by molar-refractivity contribution is 0.805. The van der Waals surface area contributed by atoms with Crippen LogP contribution in [0.25, 0.3) is 0 Å². The van der Waals surface area contributed by atoms with Crippen LogP contribution >= 0.6 is 12.4 Å². The number of nitrogens with two attached hydrogens (primary N) is 2. The van der Waals surface area contributed by atoms with Crippen molar-refractivity contribution in [2.45, 2.75) is 46.0 Å². The summed E-state index contributed by atoms with van der Waals surface area (Å²) in [6.45, 7) is 9.99. The van der Waals surface area contributed by atoms with Gasteiger partial charge in [-0.2, -0.15) is 0 Å². The number of unbranched alkanes of at least 4 members (excludes halogenated alkanes) is 2. The van der Waals surface area contributed by atoms with Crippen molar-refractivity contribution >= 4 is 35.5 Å². The molecule has 0 aromatic heterocycles. The summed E-state index contributed by atoms with van der Waals surface area (Å²) in [5.74, 6) is 1.27. The Morgan fingerprint density at radius 1 is 0.676 bits per heavy atom. The second-order valence-electron chi connectivity index (χ2n) is 8.66. The molecule has 2 aromatic carbocycles. The van der Waals surface area contributed by atoms with E-state index in [0.29, 0.717) is 11.7 Å². The van der Waals surface area contributed by atoms with Gasteiger partial charge in [0.15, 0.2) is 0 Å². The van der Waals surface area contributed by atoms with Crippen LogP contribution in [0.1, 0.15) is 57.1 Å². The first kappa shape index (κ1) is 27.5. The van der Waals surface area contributed by atoms with Crippen LogP contribution in [-0.4, -0.2) is 50.9 Å². The number of rotatable bonds is 10. The Morgan fingerprint density at radius 3 is 1.41 bits per heavy atom. The highest BCUT2D eigenvalue weighted by Crippen LogP contribution is 2.21. The first-order valence-electron chi connectivity index (χ1n) is 12.4. The Morgan fingerprint density at radius 2 is 1.06 bits per heavy atom. The van der Waals surface area contributed by atoms with E-state index in [1.54, 1.807) is 0 Å². The van der Waals surface area contributed by atoms with E-state index >= 15 is 0 Å². The van der Waals surface area contributed by atoms with Crippen LogP contribution in [0, 0.1) is 0 Å². The van der Waals surface area contributed by atoms with Gasteiger partial charge >= 0.3 is 0 Å². The maximum atomic E-state index is 6.15. The molecule has 186 valence electrons. The molecular formula is C27H41ClN6. The van der Waals surface area contributed by atoms with Crippen LogP contribution in [0.15, 0.2) is 58.5 Å². The molecule has 0 amide bonds. The first-order valence-corrected chi connectivity index (χ1v) is 12.4. The van der Waals surface area contributed by atoms with Crippen molar-refractivity contribution in [1.29, 1.82) is 0 Å². The third kappa shape index (κ3) is 7.94. The van der Waals surface area contributed by atoms with Crippen LogP contribution in [0.3, 0.4) is 0 Å². The molecule has 0 spiro atoms. The molecule has 1 aliphatic rings. The quantitative estimate of drug-likeness (QED) is 0.287. The minimum Gasteiger partial charge on any atom is -0.384 e. The first-order chi connectivity index (χ1) is 16.1. The van der Waals surface area contributed by atoms with Crippen LogP contribution in [0.2, 0.25) is 0 Å². The van der Waals surface area contributed by atoms with Gasteiger partial charge in [0.2, 0.25) is 0 Å². The van der Waals surface area contributed by atoms with Crippen LogP contribution in [0.4, 0.5) is 11.4 Å². The molecule has 0 bridgehead atoms. The van der Waals surface area contributed by atoms with Gasteiger partial charge in [-0.25, -0.2) is 0 Å². The summed E-state index contributed by atoms with van der Waals surface area (Å²) in [6, 6.07) is 17.0. The number of aliphatic imine (C=N–C) groups is 2. The predicted octanol–water partition coefficient (Wildman–Crippen LogP) is 4.84.